The van der Waals surface area contributed by atoms with Crippen molar-refractivity contribution in [1.29, 1.82) is 0 Å². The van der Waals surface area contributed by atoms with Gasteiger partial charge in [0.1, 0.15) is 17.5 Å². The largest absolute Gasteiger partial charge is 0.446 e. The summed E-state index contributed by atoms with van der Waals surface area (Å²) in [6.07, 6.45) is 9.34. The van der Waals surface area contributed by atoms with Crippen molar-refractivity contribution in [3.63, 3.8) is 0 Å². The van der Waals surface area contributed by atoms with E-state index < -0.39 is 6.04 Å². The molecular weight excluding hydrogens is 562 g/mol. The first kappa shape index (κ1) is 29.7. The molecule has 3 heterocycles. The van der Waals surface area contributed by atoms with E-state index in [1.54, 1.807) is 36.5 Å². The number of carbonyl (C=O) groups excluding carboxylic acids is 2. The Hall–Kier alpha value is -5.37. The summed E-state index contributed by atoms with van der Waals surface area (Å²) in [6, 6.07) is 25.3. The molecule has 8 nitrogen and oxygen atoms in total. The average Bonchev–Trinajstić information content (AvgIpc) is 3.41. The minimum absolute atomic E-state index is 0.0697. The van der Waals surface area contributed by atoms with Crippen molar-refractivity contribution in [3.05, 3.63) is 143 Å². The molecule has 3 aromatic carbocycles. The molecule has 6 rings (SSSR count). The van der Waals surface area contributed by atoms with Gasteiger partial charge in [-0.1, -0.05) is 78.9 Å². The number of nitrogens with zero attached hydrogens (tertiary/aromatic N) is 5. The van der Waals surface area contributed by atoms with Gasteiger partial charge in [-0.05, 0) is 41.7 Å². The first-order chi connectivity index (χ1) is 21.9. The Bertz CT molecular complexity index is 1800. The summed E-state index contributed by atoms with van der Waals surface area (Å²) < 4.78 is 5.57. The lowest BCUT2D eigenvalue weighted by Crippen LogP contribution is -2.52. The minimum Gasteiger partial charge on any atom is -0.446 e. The third-order valence-corrected chi connectivity index (χ3v) is 8.15. The number of benzene rings is 3. The van der Waals surface area contributed by atoms with Crippen LogP contribution in [-0.2, 0) is 35.5 Å². The predicted molar refractivity (Wildman–Crippen MR) is 173 cm³/mol. The Kier molecular flexibility index (Phi) is 8.91. The second-order valence-electron chi connectivity index (χ2n) is 11.2. The van der Waals surface area contributed by atoms with Gasteiger partial charge < -0.3 is 14.2 Å². The normalized spacial score (nSPS) is 13.4. The standard InChI is InChI=1S/C37H35N5O3/c1-26-33(40-27(2)45-26)16-17-36(43)42(24-29-12-14-31(15-13-29)34-23-38-19-20-39-34)35(22-28-8-4-3-5-9-28)37(44)41-21-18-30-10-6-7-11-32(30)25-41/h3-17,19-20,23,35H,18,21-22,24-25H2,1-2H3. The predicted octanol–water partition coefficient (Wildman–Crippen LogP) is 5.99. The highest BCUT2D eigenvalue weighted by Gasteiger charge is 2.34. The monoisotopic (exact) mass is 597 g/mol. The van der Waals surface area contributed by atoms with Gasteiger partial charge in [0.05, 0.1) is 11.9 Å². The van der Waals surface area contributed by atoms with Crippen molar-refractivity contribution in [2.24, 2.45) is 0 Å². The fraction of sp³-hybridized carbons (Fsp3) is 0.216. The average molecular weight is 598 g/mol. The summed E-state index contributed by atoms with van der Waals surface area (Å²) in [7, 11) is 0. The number of hydrogen-bond donors (Lipinski definition) is 0. The molecule has 8 heteroatoms. The second-order valence-corrected chi connectivity index (χ2v) is 11.2. The molecule has 45 heavy (non-hydrogen) atoms. The van der Waals surface area contributed by atoms with E-state index in [1.807, 2.05) is 78.6 Å². The minimum atomic E-state index is -0.727. The third kappa shape index (κ3) is 7.07. The van der Waals surface area contributed by atoms with Crippen LogP contribution in [-0.4, -0.2) is 49.2 Å². The molecule has 0 bridgehead atoms. The van der Waals surface area contributed by atoms with Crippen molar-refractivity contribution in [3.8, 4) is 11.3 Å². The smallest absolute Gasteiger partial charge is 0.247 e. The lowest BCUT2D eigenvalue weighted by atomic mass is 9.97. The van der Waals surface area contributed by atoms with E-state index in [4.69, 9.17) is 4.42 Å². The van der Waals surface area contributed by atoms with Crippen LogP contribution in [0.4, 0.5) is 0 Å². The molecule has 0 saturated carbocycles. The number of oxazole rings is 1. The Morgan fingerprint density at radius 3 is 2.40 bits per heavy atom. The van der Waals surface area contributed by atoms with Crippen LogP contribution in [0.15, 0.2) is 108 Å². The van der Waals surface area contributed by atoms with Crippen LogP contribution >= 0.6 is 0 Å². The summed E-state index contributed by atoms with van der Waals surface area (Å²) in [5.74, 6) is 0.813. The van der Waals surface area contributed by atoms with E-state index in [9.17, 15) is 9.59 Å². The molecule has 5 aromatic rings. The maximum absolute atomic E-state index is 14.5. The molecule has 0 spiro atoms. The number of fused-ring (bicyclic) bond motifs is 1. The van der Waals surface area contributed by atoms with Crippen molar-refractivity contribution >= 4 is 17.9 Å². The van der Waals surface area contributed by atoms with Crippen LogP contribution in [0.25, 0.3) is 17.3 Å². The van der Waals surface area contributed by atoms with Gasteiger partial charge in [-0.15, -0.1) is 0 Å². The van der Waals surface area contributed by atoms with E-state index in [2.05, 4.69) is 27.1 Å². The maximum Gasteiger partial charge on any atom is 0.247 e. The molecule has 2 amide bonds. The quantitative estimate of drug-likeness (QED) is 0.194. The van der Waals surface area contributed by atoms with E-state index in [0.717, 1.165) is 34.4 Å². The van der Waals surface area contributed by atoms with Gasteiger partial charge in [-0.3, -0.25) is 19.6 Å². The van der Waals surface area contributed by atoms with Crippen molar-refractivity contribution in [2.75, 3.05) is 6.54 Å². The van der Waals surface area contributed by atoms with E-state index in [-0.39, 0.29) is 18.4 Å². The lowest BCUT2D eigenvalue weighted by molar-refractivity contribution is -0.144. The zero-order valence-corrected chi connectivity index (χ0v) is 25.5. The summed E-state index contributed by atoms with van der Waals surface area (Å²) >= 11 is 0. The highest BCUT2D eigenvalue weighted by atomic mass is 16.4. The van der Waals surface area contributed by atoms with Crippen LogP contribution in [0.1, 0.15) is 39.6 Å². The van der Waals surface area contributed by atoms with Crippen LogP contribution in [0.2, 0.25) is 0 Å². The third-order valence-electron chi connectivity index (χ3n) is 8.15. The molecule has 1 unspecified atom stereocenters. The number of hydrogen-bond acceptors (Lipinski definition) is 6. The molecule has 0 fully saturated rings. The highest BCUT2D eigenvalue weighted by Crippen LogP contribution is 2.24. The second kappa shape index (κ2) is 13.5. The highest BCUT2D eigenvalue weighted by molar-refractivity contribution is 5.95. The number of amides is 2. The lowest BCUT2D eigenvalue weighted by Gasteiger charge is -2.37. The number of rotatable bonds is 9. The van der Waals surface area contributed by atoms with Crippen LogP contribution < -0.4 is 0 Å². The van der Waals surface area contributed by atoms with Crippen LogP contribution in [0.3, 0.4) is 0 Å². The SMILES string of the molecule is Cc1nc(C=CC(=O)N(Cc2ccc(-c3cnccn3)cc2)C(Cc2ccccc2)C(=O)N2CCc3ccccc3C2)c(C)o1. The summed E-state index contributed by atoms with van der Waals surface area (Å²) in [5, 5.41) is 0. The van der Waals surface area contributed by atoms with Gasteiger partial charge in [0.2, 0.25) is 11.8 Å². The maximum atomic E-state index is 14.5. The molecule has 1 aliphatic rings. The molecule has 0 aliphatic carbocycles. The molecule has 1 aliphatic heterocycles. The van der Waals surface area contributed by atoms with Crippen molar-refractivity contribution < 1.29 is 14.0 Å². The van der Waals surface area contributed by atoms with E-state index in [0.29, 0.717) is 36.9 Å². The molecule has 0 N–H and O–H groups in total. The van der Waals surface area contributed by atoms with Gasteiger partial charge in [0.15, 0.2) is 5.89 Å². The molecule has 0 radical (unpaired) electrons. The Balaban J connectivity index is 1.35. The van der Waals surface area contributed by atoms with Crippen molar-refractivity contribution in [1.82, 2.24) is 24.8 Å². The van der Waals surface area contributed by atoms with E-state index in [1.165, 1.54) is 11.6 Å². The van der Waals surface area contributed by atoms with Crippen LogP contribution in [0, 0.1) is 13.8 Å². The van der Waals surface area contributed by atoms with Gasteiger partial charge in [-0.25, -0.2) is 4.98 Å². The van der Waals surface area contributed by atoms with Gasteiger partial charge in [0.25, 0.3) is 0 Å². The van der Waals surface area contributed by atoms with Crippen molar-refractivity contribution in [2.45, 2.75) is 45.8 Å². The summed E-state index contributed by atoms with van der Waals surface area (Å²) in [6.45, 7) is 4.95. The molecule has 0 saturated heterocycles. The Morgan fingerprint density at radius 2 is 1.69 bits per heavy atom. The Morgan fingerprint density at radius 1 is 0.933 bits per heavy atom. The van der Waals surface area contributed by atoms with Gasteiger partial charge in [-0.2, -0.15) is 0 Å². The fourth-order valence-corrected chi connectivity index (χ4v) is 5.78. The topological polar surface area (TPSA) is 92.4 Å². The number of aryl methyl sites for hydroxylation is 2. The van der Waals surface area contributed by atoms with E-state index >= 15 is 0 Å². The molecule has 226 valence electrons. The molecular formula is C37H35N5O3. The zero-order chi connectivity index (χ0) is 31.2. The summed E-state index contributed by atoms with van der Waals surface area (Å²) in [4.78, 5) is 45.2. The Labute approximate surface area is 263 Å². The molecule has 2 aromatic heterocycles. The zero-order valence-electron chi connectivity index (χ0n) is 25.5. The summed E-state index contributed by atoms with van der Waals surface area (Å²) in [5.41, 5.74) is 6.56. The first-order valence-electron chi connectivity index (χ1n) is 15.1. The number of aromatic nitrogens is 3. The molecule has 1 atom stereocenters. The van der Waals surface area contributed by atoms with Crippen LogP contribution in [0.5, 0.6) is 0 Å². The number of carbonyl (C=O) groups is 2. The van der Waals surface area contributed by atoms with Gasteiger partial charge in [0, 0.05) is 57.0 Å². The van der Waals surface area contributed by atoms with Gasteiger partial charge >= 0.3 is 0 Å². The fourth-order valence-electron chi connectivity index (χ4n) is 5.78. The first-order valence-corrected chi connectivity index (χ1v) is 15.1.